The van der Waals surface area contributed by atoms with E-state index in [-0.39, 0.29) is 17.7 Å². The van der Waals surface area contributed by atoms with Crippen molar-refractivity contribution >= 4 is 23.4 Å². The van der Waals surface area contributed by atoms with Gasteiger partial charge in [-0.1, -0.05) is 48.0 Å². The van der Waals surface area contributed by atoms with E-state index in [1.54, 1.807) is 29.2 Å². The molecule has 5 heteroatoms. The second-order valence-corrected chi connectivity index (χ2v) is 7.42. The van der Waals surface area contributed by atoms with Crippen LogP contribution in [0.25, 0.3) is 0 Å². The van der Waals surface area contributed by atoms with E-state index in [1.807, 2.05) is 23.1 Å². The first kappa shape index (κ1) is 17.1. The van der Waals surface area contributed by atoms with E-state index in [1.165, 1.54) is 5.56 Å². The summed E-state index contributed by atoms with van der Waals surface area (Å²) >= 11 is 5.97. The average molecular weight is 369 g/mol. The van der Waals surface area contributed by atoms with Crippen LogP contribution in [0.3, 0.4) is 0 Å². The molecule has 2 atom stereocenters. The number of carbonyl (C=O) groups excluding carboxylic acids is 2. The van der Waals surface area contributed by atoms with Crippen molar-refractivity contribution in [2.24, 2.45) is 5.92 Å². The number of piperazine rings is 1. The number of rotatable bonds is 3. The summed E-state index contributed by atoms with van der Waals surface area (Å²) in [5, 5.41) is 0.561. The zero-order valence-electron chi connectivity index (χ0n) is 14.5. The Balaban J connectivity index is 1.33. The van der Waals surface area contributed by atoms with Gasteiger partial charge in [-0.2, -0.15) is 0 Å². The number of benzene rings is 2. The SMILES string of the molecule is O=C(c1cccc(Cl)c1)N1CCN(C(=O)[C@@H]2C[C@@H]2c2ccccc2)CC1. The van der Waals surface area contributed by atoms with Crippen molar-refractivity contribution in [3.63, 3.8) is 0 Å². The molecular weight excluding hydrogens is 348 g/mol. The molecule has 0 bridgehead atoms. The molecule has 0 N–H and O–H groups in total. The van der Waals surface area contributed by atoms with Gasteiger partial charge < -0.3 is 9.80 Å². The molecule has 0 radical (unpaired) electrons. The summed E-state index contributed by atoms with van der Waals surface area (Å²) in [6.45, 7) is 2.34. The zero-order chi connectivity index (χ0) is 18.1. The lowest BCUT2D eigenvalue weighted by Gasteiger charge is -2.35. The standard InChI is InChI=1S/C21H21ClN2O2/c22-17-8-4-7-16(13-17)20(25)23-9-11-24(12-10-23)21(26)19-14-18(19)15-5-2-1-3-6-15/h1-8,13,18-19H,9-12,14H2/t18-,19-/m1/s1. The lowest BCUT2D eigenvalue weighted by atomic mass is 10.1. The molecule has 1 heterocycles. The summed E-state index contributed by atoms with van der Waals surface area (Å²) < 4.78 is 0. The number of hydrogen-bond acceptors (Lipinski definition) is 2. The number of nitrogens with zero attached hydrogens (tertiary/aromatic N) is 2. The van der Waals surface area contributed by atoms with Gasteiger partial charge in [-0.15, -0.1) is 0 Å². The van der Waals surface area contributed by atoms with Gasteiger partial charge in [0.25, 0.3) is 5.91 Å². The first-order valence-corrected chi connectivity index (χ1v) is 9.40. The number of carbonyl (C=O) groups is 2. The third-order valence-corrected chi connectivity index (χ3v) is 5.52. The number of amides is 2. The molecule has 2 amide bonds. The van der Waals surface area contributed by atoms with Crippen molar-refractivity contribution in [1.82, 2.24) is 9.80 Å². The molecule has 1 aliphatic carbocycles. The van der Waals surface area contributed by atoms with Crippen molar-refractivity contribution < 1.29 is 9.59 Å². The van der Waals surface area contributed by atoms with Crippen molar-refractivity contribution in [3.05, 3.63) is 70.7 Å². The normalized spacial score (nSPS) is 22.2. The minimum atomic E-state index is -0.0202. The molecule has 1 aliphatic heterocycles. The summed E-state index contributed by atoms with van der Waals surface area (Å²) in [5.74, 6) is 0.671. The molecule has 2 aromatic rings. The second-order valence-electron chi connectivity index (χ2n) is 6.99. The fourth-order valence-corrected chi connectivity index (χ4v) is 3.90. The molecule has 134 valence electrons. The van der Waals surface area contributed by atoms with Gasteiger partial charge in [0.2, 0.25) is 5.91 Å². The lowest BCUT2D eigenvalue weighted by Crippen LogP contribution is -2.51. The van der Waals surface area contributed by atoms with E-state index in [2.05, 4.69) is 12.1 Å². The Bertz CT molecular complexity index is 816. The molecule has 0 aromatic heterocycles. The molecule has 1 saturated heterocycles. The van der Waals surface area contributed by atoms with Gasteiger partial charge in [-0.25, -0.2) is 0 Å². The Hall–Kier alpha value is -2.33. The van der Waals surface area contributed by atoms with Crippen LogP contribution >= 0.6 is 11.6 Å². The van der Waals surface area contributed by atoms with E-state index in [9.17, 15) is 9.59 Å². The molecule has 1 saturated carbocycles. The highest BCUT2D eigenvalue weighted by molar-refractivity contribution is 6.30. The van der Waals surface area contributed by atoms with Crippen molar-refractivity contribution in [3.8, 4) is 0 Å². The van der Waals surface area contributed by atoms with E-state index < -0.39 is 0 Å². The molecule has 2 fully saturated rings. The summed E-state index contributed by atoms with van der Waals surface area (Å²) in [7, 11) is 0. The fraction of sp³-hybridized carbons (Fsp3) is 0.333. The number of halogens is 1. The van der Waals surface area contributed by atoms with E-state index in [0.29, 0.717) is 42.7 Å². The lowest BCUT2D eigenvalue weighted by molar-refractivity contribution is -0.134. The highest BCUT2D eigenvalue weighted by Crippen LogP contribution is 2.48. The summed E-state index contributed by atoms with van der Waals surface area (Å²) in [4.78, 5) is 29.0. The molecule has 4 nitrogen and oxygen atoms in total. The third-order valence-electron chi connectivity index (χ3n) is 5.29. The molecule has 2 aliphatic rings. The topological polar surface area (TPSA) is 40.6 Å². The van der Waals surface area contributed by atoms with Crippen LogP contribution in [-0.2, 0) is 4.79 Å². The fourth-order valence-electron chi connectivity index (χ4n) is 3.71. The second kappa shape index (κ2) is 7.12. The predicted molar refractivity (Wildman–Crippen MR) is 101 cm³/mol. The summed E-state index contributed by atoms with van der Waals surface area (Å²) in [6.07, 6.45) is 0.935. The first-order valence-electron chi connectivity index (χ1n) is 9.02. The van der Waals surface area contributed by atoms with Crippen molar-refractivity contribution in [2.75, 3.05) is 26.2 Å². The highest BCUT2D eigenvalue weighted by Gasteiger charge is 2.46. The van der Waals surface area contributed by atoms with Gasteiger partial charge >= 0.3 is 0 Å². The van der Waals surface area contributed by atoms with Crippen LogP contribution in [0.2, 0.25) is 5.02 Å². The van der Waals surface area contributed by atoms with Gasteiger partial charge in [0.05, 0.1) is 0 Å². The van der Waals surface area contributed by atoms with E-state index in [0.717, 1.165) is 6.42 Å². The monoisotopic (exact) mass is 368 g/mol. The quantitative estimate of drug-likeness (QED) is 0.832. The Morgan fingerprint density at radius 2 is 1.58 bits per heavy atom. The molecule has 26 heavy (non-hydrogen) atoms. The Kier molecular flexibility index (Phi) is 4.68. The maximum Gasteiger partial charge on any atom is 0.254 e. The number of hydrogen-bond donors (Lipinski definition) is 0. The van der Waals surface area contributed by atoms with Crippen LogP contribution in [0.1, 0.15) is 28.3 Å². The van der Waals surface area contributed by atoms with Crippen LogP contribution < -0.4 is 0 Å². The van der Waals surface area contributed by atoms with Crippen LogP contribution in [0.4, 0.5) is 0 Å². The van der Waals surface area contributed by atoms with E-state index in [4.69, 9.17) is 11.6 Å². The maximum atomic E-state index is 12.7. The first-order chi connectivity index (χ1) is 12.6. The molecule has 2 aromatic carbocycles. The smallest absolute Gasteiger partial charge is 0.254 e. The largest absolute Gasteiger partial charge is 0.339 e. The third kappa shape index (κ3) is 3.47. The van der Waals surface area contributed by atoms with Crippen LogP contribution in [0, 0.1) is 5.92 Å². The summed E-state index contributed by atoms with van der Waals surface area (Å²) in [5.41, 5.74) is 1.85. The maximum absolute atomic E-state index is 12.7. The Morgan fingerprint density at radius 1 is 0.885 bits per heavy atom. The van der Waals surface area contributed by atoms with Gasteiger partial charge in [0, 0.05) is 42.7 Å². The Morgan fingerprint density at radius 3 is 2.27 bits per heavy atom. The molecular formula is C21H21ClN2O2. The van der Waals surface area contributed by atoms with Crippen LogP contribution in [-0.4, -0.2) is 47.8 Å². The average Bonchev–Trinajstić information content (AvgIpc) is 3.48. The minimum Gasteiger partial charge on any atom is -0.339 e. The predicted octanol–water partition coefficient (Wildman–Crippen LogP) is 3.43. The molecule has 4 rings (SSSR count). The van der Waals surface area contributed by atoms with Crippen LogP contribution in [0.5, 0.6) is 0 Å². The van der Waals surface area contributed by atoms with Crippen molar-refractivity contribution in [1.29, 1.82) is 0 Å². The van der Waals surface area contributed by atoms with Gasteiger partial charge in [-0.3, -0.25) is 9.59 Å². The minimum absolute atomic E-state index is 0.0202. The van der Waals surface area contributed by atoms with Gasteiger partial charge in [0.1, 0.15) is 0 Å². The van der Waals surface area contributed by atoms with E-state index >= 15 is 0 Å². The summed E-state index contributed by atoms with van der Waals surface area (Å²) in [6, 6.07) is 17.2. The van der Waals surface area contributed by atoms with Gasteiger partial charge in [0.15, 0.2) is 0 Å². The Labute approximate surface area is 158 Å². The van der Waals surface area contributed by atoms with Crippen LogP contribution in [0.15, 0.2) is 54.6 Å². The van der Waals surface area contributed by atoms with Crippen molar-refractivity contribution in [2.45, 2.75) is 12.3 Å². The van der Waals surface area contributed by atoms with Gasteiger partial charge in [-0.05, 0) is 36.1 Å². The zero-order valence-corrected chi connectivity index (χ0v) is 15.2. The molecule has 0 unspecified atom stereocenters. The molecule has 0 spiro atoms. The highest BCUT2D eigenvalue weighted by atomic mass is 35.5.